The van der Waals surface area contributed by atoms with E-state index in [1.54, 1.807) is 0 Å². The average molecular weight is 796 g/mol. The van der Waals surface area contributed by atoms with Crippen LogP contribution in [-0.2, 0) is 0 Å². The molecule has 0 amide bonds. The first kappa shape index (κ1) is 35.2. The van der Waals surface area contributed by atoms with E-state index in [-0.39, 0.29) is 0 Å². The number of hydrogen-bond acceptors (Lipinski definition) is 3. The lowest BCUT2D eigenvalue weighted by molar-refractivity contribution is 0.669. The van der Waals surface area contributed by atoms with E-state index in [2.05, 4.69) is 217 Å². The third-order valence-electron chi connectivity index (χ3n) is 12.1. The molecule has 12 aromatic rings. The molecule has 0 aliphatic rings. The van der Waals surface area contributed by atoms with Gasteiger partial charge in [-0.1, -0.05) is 164 Å². The fourth-order valence-corrected chi connectivity index (χ4v) is 10.2. The van der Waals surface area contributed by atoms with Crippen molar-refractivity contribution in [3.63, 3.8) is 0 Å². The predicted octanol–water partition coefficient (Wildman–Crippen LogP) is 17.2. The number of thiophene rings is 1. The van der Waals surface area contributed by atoms with Gasteiger partial charge in [-0.2, -0.15) is 0 Å². The number of nitrogens with zero attached hydrogens (tertiary/aromatic N) is 1. The summed E-state index contributed by atoms with van der Waals surface area (Å²) < 4.78 is 8.76. The summed E-state index contributed by atoms with van der Waals surface area (Å²) in [5.74, 6) is 0. The number of para-hydroxylation sites is 2. The fraction of sp³-hybridized carbons (Fsp3) is 0. The molecule has 0 saturated heterocycles. The second-order valence-corrected chi connectivity index (χ2v) is 16.7. The zero-order valence-corrected chi connectivity index (χ0v) is 33.9. The highest BCUT2D eigenvalue weighted by atomic mass is 32.1. The van der Waals surface area contributed by atoms with E-state index in [9.17, 15) is 0 Å². The quantitative estimate of drug-likeness (QED) is 0.160. The van der Waals surface area contributed by atoms with Crippen LogP contribution in [0.2, 0.25) is 0 Å². The maximum atomic E-state index is 6.15. The molecule has 3 heteroatoms. The van der Waals surface area contributed by atoms with Gasteiger partial charge < -0.3 is 9.32 Å². The van der Waals surface area contributed by atoms with Crippen molar-refractivity contribution in [2.24, 2.45) is 0 Å². The summed E-state index contributed by atoms with van der Waals surface area (Å²) in [6, 6.07) is 81.3. The first-order chi connectivity index (χ1) is 30.2. The van der Waals surface area contributed by atoms with E-state index in [0.29, 0.717) is 0 Å². The van der Waals surface area contributed by atoms with Crippen LogP contribution in [-0.4, -0.2) is 0 Å². The highest BCUT2D eigenvalue weighted by Crippen LogP contribution is 2.46. The van der Waals surface area contributed by atoms with Crippen LogP contribution in [0.25, 0.3) is 97.4 Å². The van der Waals surface area contributed by atoms with E-state index in [0.717, 1.165) is 50.1 Å². The van der Waals surface area contributed by atoms with Crippen molar-refractivity contribution >= 4 is 81.3 Å². The number of hydrogen-bond donors (Lipinski definition) is 0. The summed E-state index contributed by atoms with van der Waals surface area (Å²) in [7, 11) is 0. The molecule has 61 heavy (non-hydrogen) atoms. The SMILES string of the molecule is c1ccc(N(c2ccc(-c3ccc(-c4ccc5ccccc5c4)cc3)cc2)c2ccc(-c3ccc4oc5ccccc5c4c3)cc2)c(-c2cccc3c2sc2ccccc23)c1. The molecule has 0 saturated carbocycles. The Morgan fingerprint density at radius 1 is 0.328 bits per heavy atom. The molecule has 10 aromatic carbocycles. The van der Waals surface area contributed by atoms with Crippen molar-refractivity contribution in [1.29, 1.82) is 0 Å². The van der Waals surface area contributed by atoms with Gasteiger partial charge in [0, 0.05) is 53.4 Å². The molecular weight excluding hydrogens is 759 g/mol. The largest absolute Gasteiger partial charge is 0.456 e. The number of furan rings is 1. The van der Waals surface area contributed by atoms with Crippen molar-refractivity contribution in [3.8, 4) is 44.5 Å². The molecule has 0 spiro atoms. The molecule has 12 rings (SSSR count). The van der Waals surface area contributed by atoms with Gasteiger partial charge >= 0.3 is 0 Å². The Balaban J connectivity index is 0.946. The second kappa shape index (κ2) is 14.5. The molecule has 2 heterocycles. The standard InChI is InChI=1S/C58H37NOS/c1-2-11-43-36-44(25-24-38(43)10-1)41-22-20-39(21-23-41)40-26-31-46(32-27-40)59(47-33-28-42(29-34-47)45-30-35-56-53(37-45)49-13-4-7-18-55(49)60-56)54-17-6-3-12-48(54)51-15-9-16-52-50-14-5-8-19-57(50)61-58(51)52/h1-37H. The molecule has 0 atom stereocenters. The molecule has 0 unspecified atom stereocenters. The minimum absolute atomic E-state index is 0.905. The molecule has 0 fully saturated rings. The summed E-state index contributed by atoms with van der Waals surface area (Å²) in [4.78, 5) is 2.41. The predicted molar refractivity (Wildman–Crippen MR) is 261 cm³/mol. The molecule has 2 aromatic heterocycles. The summed E-state index contributed by atoms with van der Waals surface area (Å²) in [6.45, 7) is 0. The Bertz CT molecular complexity index is 3580. The first-order valence-electron chi connectivity index (χ1n) is 20.7. The van der Waals surface area contributed by atoms with Gasteiger partial charge in [-0.25, -0.2) is 0 Å². The van der Waals surface area contributed by atoms with E-state index < -0.39 is 0 Å². The summed E-state index contributed by atoms with van der Waals surface area (Å²) in [6.07, 6.45) is 0. The minimum Gasteiger partial charge on any atom is -0.456 e. The monoisotopic (exact) mass is 795 g/mol. The topological polar surface area (TPSA) is 16.4 Å². The van der Waals surface area contributed by atoms with Gasteiger partial charge in [-0.05, 0) is 105 Å². The van der Waals surface area contributed by atoms with Crippen LogP contribution >= 0.6 is 11.3 Å². The van der Waals surface area contributed by atoms with Gasteiger partial charge in [-0.15, -0.1) is 11.3 Å². The van der Waals surface area contributed by atoms with Crippen LogP contribution in [0.5, 0.6) is 0 Å². The van der Waals surface area contributed by atoms with Crippen LogP contribution in [0.1, 0.15) is 0 Å². The zero-order chi connectivity index (χ0) is 40.3. The van der Waals surface area contributed by atoms with E-state index in [1.807, 2.05) is 23.5 Å². The van der Waals surface area contributed by atoms with Gasteiger partial charge in [0.15, 0.2) is 0 Å². The Hall–Kier alpha value is -7.72. The van der Waals surface area contributed by atoms with E-state index in [4.69, 9.17) is 4.42 Å². The highest BCUT2D eigenvalue weighted by Gasteiger charge is 2.20. The lowest BCUT2D eigenvalue weighted by Gasteiger charge is -2.28. The first-order valence-corrected chi connectivity index (χ1v) is 21.5. The third-order valence-corrected chi connectivity index (χ3v) is 13.3. The van der Waals surface area contributed by atoms with Crippen LogP contribution in [0.3, 0.4) is 0 Å². The summed E-state index contributed by atoms with van der Waals surface area (Å²) >= 11 is 1.87. The molecular formula is C58H37NOS. The van der Waals surface area contributed by atoms with Gasteiger partial charge in [0.2, 0.25) is 0 Å². The van der Waals surface area contributed by atoms with Crippen LogP contribution in [0.15, 0.2) is 229 Å². The number of anilines is 3. The van der Waals surface area contributed by atoms with Crippen molar-refractivity contribution in [2.75, 3.05) is 4.90 Å². The minimum atomic E-state index is 0.905. The van der Waals surface area contributed by atoms with Crippen LogP contribution in [0.4, 0.5) is 17.1 Å². The number of fused-ring (bicyclic) bond motifs is 7. The Kier molecular flexibility index (Phi) is 8.39. The van der Waals surface area contributed by atoms with Crippen molar-refractivity contribution in [1.82, 2.24) is 0 Å². The smallest absolute Gasteiger partial charge is 0.135 e. The van der Waals surface area contributed by atoms with Gasteiger partial charge in [0.1, 0.15) is 11.2 Å². The maximum Gasteiger partial charge on any atom is 0.135 e. The molecule has 0 bridgehead atoms. The number of benzene rings is 10. The average Bonchev–Trinajstić information content (AvgIpc) is 3.91. The Morgan fingerprint density at radius 3 is 1.62 bits per heavy atom. The summed E-state index contributed by atoms with van der Waals surface area (Å²) in [5, 5.41) is 7.38. The van der Waals surface area contributed by atoms with Gasteiger partial charge in [0.05, 0.1) is 5.69 Å². The number of rotatable bonds is 7. The third kappa shape index (κ3) is 6.18. The Morgan fingerprint density at radius 2 is 0.852 bits per heavy atom. The lowest BCUT2D eigenvalue weighted by Crippen LogP contribution is -2.11. The van der Waals surface area contributed by atoms with E-state index in [1.165, 1.54) is 64.3 Å². The summed E-state index contributed by atoms with van der Waals surface area (Å²) in [5.41, 5.74) is 14.7. The van der Waals surface area contributed by atoms with E-state index >= 15 is 0 Å². The molecule has 0 aliphatic heterocycles. The second-order valence-electron chi connectivity index (χ2n) is 15.7. The van der Waals surface area contributed by atoms with Gasteiger partial charge in [0.25, 0.3) is 0 Å². The van der Waals surface area contributed by atoms with Crippen LogP contribution in [0, 0.1) is 0 Å². The van der Waals surface area contributed by atoms with Crippen molar-refractivity contribution < 1.29 is 4.42 Å². The highest BCUT2D eigenvalue weighted by molar-refractivity contribution is 7.26. The lowest BCUT2D eigenvalue weighted by atomic mass is 9.97. The fourth-order valence-electron chi connectivity index (χ4n) is 9.02. The molecule has 0 radical (unpaired) electrons. The van der Waals surface area contributed by atoms with Crippen LogP contribution < -0.4 is 4.90 Å². The Labute approximate surface area is 357 Å². The van der Waals surface area contributed by atoms with Crippen molar-refractivity contribution in [2.45, 2.75) is 0 Å². The maximum absolute atomic E-state index is 6.15. The van der Waals surface area contributed by atoms with Crippen molar-refractivity contribution in [3.05, 3.63) is 224 Å². The molecule has 2 nitrogen and oxygen atoms in total. The molecule has 0 aliphatic carbocycles. The van der Waals surface area contributed by atoms with Gasteiger partial charge in [-0.3, -0.25) is 0 Å². The molecule has 0 N–H and O–H groups in total. The molecule has 286 valence electrons. The normalized spacial score (nSPS) is 11.6. The zero-order valence-electron chi connectivity index (χ0n) is 33.1.